The highest BCUT2D eigenvalue weighted by atomic mass is 32.1. The zero-order valence-corrected chi connectivity index (χ0v) is 15.1. The maximum atomic E-state index is 13.2. The molecule has 0 aliphatic carbocycles. The van der Waals surface area contributed by atoms with Gasteiger partial charge in [-0.2, -0.15) is 4.57 Å². The van der Waals surface area contributed by atoms with E-state index in [0.717, 1.165) is 11.1 Å². The number of carbonyl (C=O) groups is 1. The maximum absolute atomic E-state index is 13.2. The molecule has 4 heteroatoms. The van der Waals surface area contributed by atoms with Crippen molar-refractivity contribution in [3.05, 3.63) is 77.6 Å². The molecule has 0 unspecified atom stereocenters. The van der Waals surface area contributed by atoms with Gasteiger partial charge in [0, 0.05) is 17.7 Å². The van der Waals surface area contributed by atoms with E-state index >= 15 is 0 Å². The molecule has 0 spiro atoms. The molecule has 0 saturated carbocycles. The number of carbonyl (C=O) groups excluding carboxylic acids is 1. The average molecular weight is 338 g/mol. The van der Waals surface area contributed by atoms with Crippen LogP contribution < -0.4 is 4.57 Å². The van der Waals surface area contributed by atoms with E-state index < -0.39 is 6.04 Å². The molecule has 124 valence electrons. The van der Waals surface area contributed by atoms with E-state index in [2.05, 4.69) is 11.6 Å². The maximum Gasteiger partial charge on any atom is 0.237 e. The second-order valence-corrected chi connectivity index (χ2v) is 6.23. The molecule has 2 rings (SSSR count). The summed E-state index contributed by atoms with van der Waals surface area (Å²) in [6.07, 6.45) is 5.36. The number of ketones is 1. The zero-order chi connectivity index (χ0) is 17.7. The summed E-state index contributed by atoms with van der Waals surface area (Å²) < 4.78 is 1.81. The lowest BCUT2D eigenvalue weighted by Crippen LogP contribution is -2.47. The van der Waals surface area contributed by atoms with Gasteiger partial charge in [0.15, 0.2) is 12.4 Å². The molecule has 24 heavy (non-hydrogen) atoms. The summed E-state index contributed by atoms with van der Waals surface area (Å²) in [5.74, 6) is -0.0374. The first-order valence-corrected chi connectivity index (χ1v) is 8.26. The number of hydrogen-bond donors (Lipinski definition) is 0. The minimum atomic E-state index is -0.623. The molecule has 0 aliphatic rings. The molecule has 0 radical (unpaired) electrons. The second kappa shape index (κ2) is 7.97. The number of rotatable bonds is 6. The summed E-state index contributed by atoms with van der Waals surface area (Å²) in [5, 5.41) is 0.369. The summed E-state index contributed by atoms with van der Waals surface area (Å²) in [4.78, 5) is 17.5. The number of Topliss-reactive ketones (excluding diaryl/α,β-unsaturated/α-hetero) is 1. The Morgan fingerprint density at radius 2 is 1.79 bits per heavy atom. The van der Waals surface area contributed by atoms with Crippen molar-refractivity contribution in [3.63, 3.8) is 0 Å². The Labute approximate surface area is 149 Å². The number of nitrogens with zero attached hydrogens (tertiary/aromatic N) is 2. The Kier molecular flexibility index (Phi) is 5.99. The standard InChI is InChI=1S/C20H22N2OS/c1-5-9-21-20(24)18(22-10-7-6-8-11-22)19(23)17-13-15(3)14(2)12-16(17)4/h5-8,10-13,18H,1,9H2,2-4H3/t18-/m0/s1. The molecule has 2 aromatic rings. The van der Waals surface area contributed by atoms with Crippen LogP contribution in [0, 0.1) is 20.8 Å². The van der Waals surface area contributed by atoms with E-state index in [1.54, 1.807) is 6.08 Å². The van der Waals surface area contributed by atoms with Crippen LogP contribution in [0.3, 0.4) is 0 Å². The van der Waals surface area contributed by atoms with Gasteiger partial charge < -0.3 is 17.6 Å². The third kappa shape index (κ3) is 3.95. The van der Waals surface area contributed by atoms with Gasteiger partial charge in [0.05, 0.1) is 6.54 Å². The van der Waals surface area contributed by atoms with E-state index in [1.165, 1.54) is 5.56 Å². The van der Waals surface area contributed by atoms with Crippen molar-refractivity contribution in [2.45, 2.75) is 26.8 Å². The Balaban J connectivity index is 2.53. The quantitative estimate of drug-likeness (QED) is 0.202. The Morgan fingerprint density at radius 3 is 2.42 bits per heavy atom. The minimum absolute atomic E-state index is 0.0374. The van der Waals surface area contributed by atoms with Crippen LogP contribution in [0.2, 0.25) is 0 Å². The molecule has 3 nitrogen and oxygen atoms in total. The van der Waals surface area contributed by atoms with Gasteiger partial charge in [-0.15, -0.1) is 6.58 Å². The molecule has 1 aromatic carbocycles. The Morgan fingerprint density at radius 1 is 1.17 bits per heavy atom. The Hall–Kier alpha value is -2.33. The summed E-state index contributed by atoms with van der Waals surface area (Å²) >= 11 is 5.44. The van der Waals surface area contributed by atoms with Crippen molar-refractivity contribution < 1.29 is 9.36 Å². The molecule has 0 amide bonds. The van der Waals surface area contributed by atoms with E-state index in [1.807, 2.05) is 68.1 Å². The van der Waals surface area contributed by atoms with E-state index in [9.17, 15) is 4.79 Å². The molecule has 0 saturated heterocycles. The van der Waals surface area contributed by atoms with Gasteiger partial charge >= 0.3 is 0 Å². The SMILES string of the molecule is C=CCN=C([S-])[C@H](C(=O)c1cc(C)c(C)cc1C)[n+]1ccccc1. The number of aryl methyl sites for hydroxylation is 3. The van der Waals surface area contributed by atoms with Gasteiger partial charge in [0.2, 0.25) is 11.8 Å². The number of hydrogen-bond acceptors (Lipinski definition) is 3. The third-order valence-corrected chi connectivity index (χ3v) is 4.35. The van der Waals surface area contributed by atoms with Crippen LogP contribution in [0.25, 0.3) is 0 Å². The zero-order valence-electron chi connectivity index (χ0n) is 14.3. The fourth-order valence-corrected chi connectivity index (χ4v) is 2.88. The summed E-state index contributed by atoms with van der Waals surface area (Å²) in [6, 6.07) is 9.02. The van der Waals surface area contributed by atoms with Gasteiger partial charge in [-0.05, 0) is 48.6 Å². The van der Waals surface area contributed by atoms with Crippen molar-refractivity contribution in [2.75, 3.05) is 6.54 Å². The summed E-state index contributed by atoms with van der Waals surface area (Å²) in [5.41, 5.74) is 3.91. The van der Waals surface area contributed by atoms with Crippen LogP contribution in [0.15, 0.2) is 60.4 Å². The molecule has 0 fully saturated rings. The van der Waals surface area contributed by atoms with E-state index in [0.29, 0.717) is 17.2 Å². The topological polar surface area (TPSA) is 33.3 Å². The molecular formula is C20H22N2OS. The van der Waals surface area contributed by atoms with E-state index in [-0.39, 0.29) is 5.78 Å². The van der Waals surface area contributed by atoms with Gasteiger partial charge in [0.1, 0.15) is 0 Å². The number of pyridine rings is 1. The molecule has 0 bridgehead atoms. The lowest BCUT2D eigenvalue weighted by molar-refractivity contribution is -0.691. The first kappa shape index (κ1) is 18.0. The smallest absolute Gasteiger partial charge is 0.237 e. The fourth-order valence-electron chi connectivity index (χ4n) is 2.57. The van der Waals surface area contributed by atoms with Gasteiger partial charge in [-0.25, -0.2) is 0 Å². The highest BCUT2D eigenvalue weighted by Gasteiger charge is 2.29. The van der Waals surface area contributed by atoms with Crippen molar-refractivity contribution in [1.29, 1.82) is 0 Å². The third-order valence-electron chi connectivity index (χ3n) is 4.00. The van der Waals surface area contributed by atoms with Crippen LogP contribution in [0.1, 0.15) is 33.1 Å². The largest absolute Gasteiger partial charge is 0.758 e. The first-order chi connectivity index (χ1) is 11.5. The van der Waals surface area contributed by atoms with Crippen LogP contribution in [-0.4, -0.2) is 17.4 Å². The lowest BCUT2D eigenvalue weighted by atomic mass is 9.95. The molecule has 0 N–H and O–H groups in total. The highest BCUT2D eigenvalue weighted by molar-refractivity contribution is 7.77. The first-order valence-electron chi connectivity index (χ1n) is 7.85. The van der Waals surface area contributed by atoms with Crippen molar-refractivity contribution in [3.8, 4) is 0 Å². The summed E-state index contributed by atoms with van der Waals surface area (Å²) in [6.45, 7) is 10.1. The molecule has 0 aliphatic heterocycles. The van der Waals surface area contributed by atoms with Crippen molar-refractivity contribution in [1.82, 2.24) is 0 Å². The summed E-state index contributed by atoms with van der Waals surface area (Å²) in [7, 11) is 0. The van der Waals surface area contributed by atoms with Crippen LogP contribution >= 0.6 is 0 Å². The predicted octanol–water partition coefficient (Wildman–Crippen LogP) is 3.45. The molecule has 1 heterocycles. The van der Waals surface area contributed by atoms with Crippen LogP contribution in [-0.2, 0) is 12.6 Å². The normalized spacial score (nSPS) is 12.7. The second-order valence-electron chi connectivity index (χ2n) is 5.81. The average Bonchev–Trinajstić information content (AvgIpc) is 2.57. The molecule has 1 aromatic heterocycles. The Bertz CT molecular complexity index is 782. The molecular weight excluding hydrogens is 316 g/mol. The van der Waals surface area contributed by atoms with Gasteiger partial charge in [-0.3, -0.25) is 4.79 Å². The lowest BCUT2D eigenvalue weighted by Gasteiger charge is -2.19. The fraction of sp³-hybridized carbons (Fsp3) is 0.250. The van der Waals surface area contributed by atoms with Crippen LogP contribution in [0.5, 0.6) is 0 Å². The van der Waals surface area contributed by atoms with Gasteiger partial charge in [-0.1, -0.05) is 18.2 Å². The number of benzene rings is 1. The van der Waals surface area contributed by atoms with Crippen molar-refractivity contribution >= 4 is 23.5 Å². The number of aliphatic imine (C=N–C) groups is 1. The van der Waals surface area contributed by atoms with E-state index in [4.69, 9.17) is 12.6 Å². The predicted molar refractivity (Wildman–Crippen MR) is 101 cm³/mol. The molecule has 1 atom stereocenters. The monoisotopic (exact) mass is 338 g/mol. The van der Waals surface area contributed by atoms with Gasteiger partial charge in [0.25, 0.3) is 0 Å². The number of aromatic nitrogens is 1. The van der Waals surface area contributed by atoms with Crippen LogP contribution in [0.4, 0.5) is 0 Å². The van der Waals surface area contributed by atoms with Crippen molar-refractivity contribution in [2.24, 2.45) is 4.99 Å². The minimum Gasteiger partial charge on any atom is -0.758 e. The highest BCUT2D eigenvalue weighted by Crippen LogP contribution is 2.20.